The molecule has 20 heavy (non-hydrogen) atoms. The quantitative estimate of drug-likeness (QED) is 0.861. The minimum atomic E-state index is -0.424. The van der Waals surface area contributed by atoms with E-state index in [1.54, 1.807) is 43.3 Å². The molecule has 2 rings (SSSR count). The largest absolute Gasteiger partial charge is 0.465 e. The summed E-state index contributed by atoms with van der Waals surface area (Å²) >= 11 is 0. The number of ether oxygens (including phenoxy) is 1. The molecule has 0 aliphatic carbocycles. The number of carbonyl (C=O) groups excluding carboxylic acids is 2. The van der Waals surface area contributed by atoms with Gasteiger partial charge in [0.25, 0.3) is 5.91 Å². The third-order valence-corrected chi connectivity index (χ3v) is 2.59. The first kappa shape index (κ1) is 13.7. The van der Waals surface area contributed by atoms with Crippen molar-refractivity contribution in [2.75, 3.05) is 12.4 Å². The smallest absolute Gasteiger partial charge is 0.337 e. The van der Waals surface area contributed by atoms with Crippen LogP contribution in [-0.2, 0) is 4.74 Å². The Labute approximate surface area is 115 Å². The summed E-state index contributed by atoms with van der Waals surface area (Å²) in [5, 5.41) is 10.3. The summed E-state index contributed by atoms with van der Waals surface area (Å²) in [7, 11) is 1.31. The second-order valence-corrected chi connectivity index (χ2v) is 4.08. The minimum absolute atomic E-state index is 0.229. The summed E-state index contributed by atoms with van der Waals surface area (Å²) in [6.45, 7) is 1.79. The van der Waals surface area contributed by atoms with Gasteiger partial charge in [0.2, 0.25) is 0 Å². The van der Waals surface area contributed by atoms with Crippen molar-refractivity contribution in [2.45, 2.75) is 6.92 Å². The molecule has 0 aliphatic rings. The molecule has 1 aromatic heterocycles. The molecule has 0 spiro atoms. The van der Waals surface area contributed by atoms with Gasteiger partial charge in [0, 0.05) is 5.69 Å². The Kier molecular flexibility index (Phi) is 4.05. The van der Waals surface area contributed by atoms with Crippen molar-refractivity contribution in [3.05, 3.63) is 53.3 Å². The molecule has 102 valence electrons. The van der Waals surface area contributed by atoms with Gasteiger partial charge >= 0.3 is 5.97 Å². The topological polar surface area (TPSA) is 81.2 Å². The first-order valence-corrected chi connectivity index (χ1v) is 5.90. The van der Waals surface area contributed by atoms with Crippen molar-refractivity contribution in [1.82, 2.24) is 10.2 Å². The van der Waals surface area contributed by atoms with E-state index in [4.69, 9.17) is 0 Å². The molecule has 0 unspecified atom stereocenters. The van der Waals surface area contributed by atoms with Gasteiger partial charge in [-0.2, -0.15) is 5.10 Å². The van der Waals surface area contributed by atoms with E-state index in [1.807, 2.05) is 0 Å². The monoisotopic (exact) mass is 271 g/mol. The fourth-order valence-electron chi connectivity index (χ4n) is 1.52. The lowest BCUT2D eigenvalue weighted by Gasteiger charge is -2.05. The molecule has 0 aliphatic heterocycles. The third kappa shape index (κ3) is 3.17. The van der Waals surface area contributed by atoms with Crippen molar-refractivity contribution in [3.8, 4) is 0 Å². The van der Waals surface area contributed by atoms with Gasteiger partial charge in [-0.3, -0.25) is 4.79 Å². The number of amides is 1. The van der Waals surface area contributed by atoms with Crippen LogP contribution >= 0.6 is 0 Å². The zero-order chi connectivity index (χ0) is 14.5. The minimum Gasteiger partial charge on any atom is -0.465 e. The summed E-state index contributed by atoms with van der Waals surface area (Å²) in [6, 6.07) is 9.69. The summed E-state index contributed by atoms with van der Waals surface area (Å²) in [4.78, 5) is 23.2. The van der Waals surface area contributed by atoms with E-state index in [9.17, 15) is 9.59 Å². The molecule has 1 heterocycles. The number of benzene rings is 1. The standard InChI is InChI=1S/C14H13N3O3/c1-9-3-8-12(17-16-9)13(18)15-11-6-4-10(5-7-11)14(19)20-2/h3-8H,1-2H3,(H,15,18). The maximum absolute atomic E-state index is 11.9. The number of nitrogens with one attached hydrogen (secondary N) is 1. The molecule has 0 atom stereocenters. The second-order valence-electron chi connectivity index (χ2n) is 4.08. The number of anilines is 1. The van der Waals surface area contributed by atoms with Gasteiger partial charge in [-0.15, -0.1) is 5.10 Å². The van der Waals surface area contributed by atoms with Crippen LogP contribution in [-0.4, -0.2) is 29.2 Å². The fraction of sp³-hybridized carbons (Fsp3) is 0.143. The Morgan fingerprint density at radius 2 is 1.75 bits per heavy atom. The first-order chi connectivity index (χ1) is 9.60. The molecule has 1 aromatic carbocycles. The molecule has 0 bridgehead atoms. The number of hydrogen-bond acceptors (Lipinski definition) is 5. The number of esters is 1. The summed E-state index contributed by atoms with van der Waals surface area (Å²) in [5.74, 6) is -0.782. The molecule has 0 saturated carbocycles. The Hall–Kier alpha value is -2.76. The van der Waals surface area contributed by atoms with Crippen LogP contribution in [0.15, 0.2) is 36.4 Å². The molecule has 6 heteroatoms. The molecule has 1 N–H and O–H groups in total. The Bertz CT molecular complexity index is 621. The van der Waals surface area contributed by atoms with E-state index in [1.165, 1.54) is 7.11 Å². The van der Waals surface area contributed by atoms with Gasteiger partial charge in [0.05, 0.1) is 18.4 Å². The molecular formula is C14H13N3O3. The van der Waals surface area contributed by atoms with Crippen LogP contribution in [0.5, 0.6) is 0 Å². The predicted octanol–water partition coefficient (Wildman–Crippen LogP) is 1.82. The van der Waals surface area contributed by atoms with E-state index >= 15 is 0 Å². The molecular weight excluding hydrogens is 258 g/mol. The number of nitrogens with zero attached hydrogens (tertiary/aromatic N) is 2. The molecule has 0 radical (unpaired) electrons. The van der Waals surface area contributed by atoms with Gasteiger partial charge in [0.15, 0.2) is 5.69 Å². The highest BCUT2D eigenvalue weighted by Crippen LogP contribution is 2.11. The van der Waals surface area contributed by atoms with Gasteiger partial charge in [-0.05, 0) is 43.3 Å². The van der Waals surface area contributed by atoms with Crippen molar-refractivity contribution >= 4 is 17.6 Å². The number of hydrogen-bond donors (Lipinski definition) is 1. The highest BCUT2D eigenvalue weighted by molar-refractivity contribution is 6.03. The number of methoxy groups -OCH3 is 1. The molecule has 0 fully saturated rings. The predicted molar refractivity (Wildman–Crippen MR) is 72.5 cm³/mol. The van der Waals surface area contributed by atoms with Crippen LogP contribution in [0.2, 0.25) is 0 Å². The van der Waals surface area contributed by atoms with Crippen molar-refractivity contribution in [3.63, 3.8) is 0 Å². The Balaban J connectivity index is 2.08. The van der Waals surface area contributed by atoms with E-state index in [-0.39, 0.29) is 11.6 Å². The highest BCUT2D eigenvalue weighted by Gasteiger charge is 2.09. The Morgan fingerprint density at radius 3 is 2.30 bits per heavy atom. The number of rotatable bonds is 3. The zero-order valence-corrected chi connectivity index (χ0v) is 11.1. The van der Waals surface area contributed by atoms with Gasteiger partial charge in [0.1, 0.15) is 0 Å². The van der Waals surface area contributed by atoms with Crippen molar-refractivity contribution in [1.29, 1.82) is 0 Å². The lowest BCUT2D eigenvalue weighted by molar-refractivity contribution is 0.0600. The van der Waals surface area contributed by atoms with Gasteiger partial charge < -0.3 is 10.1 Å². The van der Waals surface area contributed by atoms with Crippen LogP contribution in [0.1, 0.15) is 26.5 Å². The van der Waals surface area contributed by atoms with Crippen LogP contribution < -0.4 is 5.32 Å². The van der Waals surface area contributed by atoms with Gasteiger partial charge in [-0.1, -0.05) is 0 Å². The Morgan fingerprint density at radius 1 is 1.05 bits per heavy atom. The van der Waals surface area contributed by atoms with Crippen LogP contribution in [0, 0.1) is 6.92 Å². The van der Waals surface area contributed by atoms with Crippen molar-refractivity contribution < 1.29 is 14.3 Å². The van der Waals surface area contributed by atoms with E-state index in [0.717, 1.165) is 5.69 Å². The molecule has 6 nitrogen and oxygen atoms in total. The lowest BCUT2D eigenvalue weighted by atomic mass is 10.2. The van der Waals surface area contributed by atoms with Crippen molar-refractivity contribution in [2.24, 2.45) is 0 Å². The molecule has 2 aromatic rings. The average molecular weight is 271 g/mol. The lowest BCUT2D eigenvalue weighted by Crippen LogP contribution is -2.14. The van der Waals surface area contributed by atoms with E-state index in [2.05, 4.69) is 20.3 Å². The second kappa shape index (κ2) is 5.92. The molecule has 1 amide bonds. The van der Waals surface area contributed by atoms with Crippen LogP contribution in [0.4, 0.5) is 5.69 Å². The van der Waals surface area contributed by atoms with Crippen LogP contribution in [0.25, 0.3) is 0 Å². The highest BCUT2D eigenvalue weighted by atomic mass is 16.5. The third-order valence-electron chi connectivity index (χ3n) is 2.59. The zero-order valence-electron chi connectivity index (χ0n) is 11.1. The van der Waals surface area contributed by atoms with E-state index < -0.39 is 5.97 Å². The van der Waals surface area contributed by atoms with E-state index in [0.29, 0.717) is 11.3 Å². The maximum atomic E-state index is 11.9. The summed E-state index contributed by atoms with van der Waals surface area (Å²) in [6.07, 6.45) is 0. The summed E-state index contributed by atoms with van der Waals surface area (Å²) < 4.78 is 4.59. The number of aryl methyl sites for hydroxylation is 1. The van der Waals surface area contributed by atoms with Gasteiger partial charge in [-0.25, -0.2) is 4.79 Å². The fourth-order valence-corrected chi connectivity index (χ4v) is 1.52. The average Bonchev–Trinajstić information content (AvgIpc) is 2.48. The normalized spacial score (nSPS) is 9.90. The number of aromatic nitrogens is 2. The number of carbonyl (C=O) groups is 2. The molecule has 0 saturated heterocycles. The first-order valence-electron chi connectivity index (χ1n) is 5.90. The van der Waals surface area contributed by atoms with Crippen LogP contribution in [0.3, 0.4) is 0 Å². The SMILES string of the molecule is COC(=O)c1ccc(NC(=O)c2ccc(C)nn2)cc1. The maximum Gasteiger partial charge on any atom is 0.337 e. The summed E-state index contributed by atoms with van der Waals surface area (Å²) in [5.41, 5.74) is 1.95.